The van der Waals surface area contributed by atoms with Crippen molar-refractivity contribution in [1.82, 2.24) is 4.57 Å². The maximum Gasteiger partial charge on any atom is 0.0547 e. The minimum absolute atomic E-state index is 1.08. The minimum Gasteiger partial charge on any atom is -0.310 e. The standard InChI is InChI=1S/C70H48N2/c1-3-15-49(16-4-1)52-29-33-54(34-30-52)56-37-42-61(43-38-56)71(62-44-39-57(40-45-62)55-35-31-53(32-36-55)50-17-5-2-6-18-50)67-26-11-9-23-64(67)59-21-13-22-60(47-59)65-25-14-28-69-70(65)66-24-10-12-27-68(66)72(69)63-46-41-51-19-7-8-20-58(51)48-63/h1-48H. The van der Waals surface area contributed by atoms with E-state index < -0.39 is 0 Å². The summed E-state index contributed by atoms with van der Waals surface area (Å²) < 4.78 is 2.42. The Balaban J connectivity index is 0.901. The van der Waals surface area contributed by atoms with Crippen molar-refractivity contribution in [3.05, 3.63) is 291 Å². The molecule has 0 fully saturated rings. The van der Waals surface area contributed by atoms with Gasteiger partial charge in [0.2, 0.25) is 0 Å². The van der Waals surface area contributed by atoms with E-state index in [0.717, 1.165) is 33.9 Å². The average molecular weight is 917 g/mol. The Morgan fingerprint density at radius 2 is 0.667 bits per heavy atom. The molecular formula is C70H48N2. The topological polar surface area (TPSA) is 8.17 Å². The van der Waals surface area contributed by atoms with E-state index in [-0.39, 0.29) is 0 Å². The Hall–Kier alpha value is -9.50. The lowest BCUT2D eigenvalue weighted by atomic mass is 9.94. The van der Waals surface area contributed by atoms with Crippen molar-refractivity contribution in [2.45, 2.75) is 0 Å². The summed E-state index contributed by atoms with van der Waals surface area (Å²) >= 11 is 0. The molecule has 0 aliphatic carbocycles. The molecule has 12 aromatic carbocycles. The van der Waals surface area contributed by atoms with Crippen molar-refractivity contribution in [2.75, 3.05) is 4.90 Å². The fourth-order valence-corrected chi connectivity index (χ4v) is 10.6. The number of hydrogen-bond donors (Lipinski definition) is 0. The highest BCUT2D eigenvalue weighted by Gasteiger charge is 2.20. The Kier molecular flexibility index (Phi) is 10.9. The molecule has 0 radical (unpaired) electrons. The van der Waals surface area contributed by atoms with Crippen LogP contribution in [0.5, 0.6) is 0 Å². The summed E-state index contributed by atoms with van der Waals surface area (Å²) in [5.41, 5.74) is 21.0. The molecule has 13 aromatic rings. The first-order chi connectivity index (χ1) is 35.7. The summed E-state index contributed by atoms with van der Waals surface area (Å²) in [6.45, 7) is 0. The van der Waals surface area contributed by atoms with Gasteiger partial charge in [0.05, 0.1) is 16.7 Å². The number of aromatic nitrogens is 1. The van der Waals surface area contributed by atoms with Crippen molar-refractivity contribution in [1.29, 1.82) is 0 Å². The molecule has 13 rings (SSSR count). The van der Waals surface area contributed by atoms with Crippen LogP contribution in [0.1, 0.15) is 0 Å². The van der Waals surface area contributed by atoms with E-state index in [1.54, 1.807) is 0 Å². The Morgan fingerprint density at radius 1 is 0.250 bits per heavy atom. The number of rotatable bonds is 10. The third-order valence-electron chi connectivity index (χ3n) is 14.2. The molecule has 0 saturated carbocycles. The van der Waals surface area contributed by atoms with Crippen LogP contribution in [0.25, 0.3) is 105 Å². The first-order valence-electron chi connectivity index (χ1n) is 24.7. The highest BCUT2D eigenvalue weighted by Crippen LogP contribution is 2.44. The van der Waals surface area contributed by atoms with Crippen molar-refractivity contribution < 1.29 is 0 Å². The predicted octanol–water partition coefficient (Wildman–Crippen LogP) is 19.4. The maximum atomic E-state index is 2.42. The van der Waals surface area contributed by atoms with Gasteiger partial charge in [-0.25, -0.2) is 0 Å². The molecule has 0 atom stereocenters. The summed E-state index contributed by atoms with van der Waals surface area (Å²) in [5, 5.41) is 4.95. The summed E-state index contributed by atoms with van der Waals surface area (Å²) in [6.07, 6.45) is 0. The summed E-state index contributed by atoms with van der Waals surface area (Å²) in [7, 11) is 0. The number of hydrogen-bond acceptors (Lipinski definition) is 1. The zero-order chi connectivity index (χ0) is 47.8. The highest BCUT2D eigenvalue weighted by atomic mass is 15.1. The molecule has 0 unspecified atom stereocenters. The zero-order valence-electron chi connectivity index (χ0n) is 39.6. The molecule has 2 heteroatoms. The minimum atomic E-state index is 1.08. The van der Waals surface area contributed by atoms with E-state index in [1.807, 2.05) is 0 Å². The van der Waals surface area contributed by atoms with Gasteiger partial charge in [0, 0.05) is 33.4 Å². The molecule has 0 aliphatic heterocycles. The molecule has 2 nitrogen and oxygen atoms in total. The monoisotopic (exact) mass is 916 g/mol. The third-order valence-corrected chi connectivity index (χ3v) is 14.2. The van der Waals surface area contributed by atoms with E-state index >= 15 is 0 Å². The maximum absolute atomic E-state index is 2.42. The molecule has 0 N–H and O–H groups in total. The average Bonchev–Trinajstić information content (AvgIpc) is 3.81. The Morgan fingerprint density at radius 3 is 1.26 bits per heavy atom. The zero-order valence-corrected chi connectivity index (χ0v) is 39.6. The lowest BCUT2D eigenvalue weighted by Crippen LogP contribution is -2.11. The van der Waals surface area contributed by atoms with E-state index in [9.17, 15) is 0 Å². The Labute approximate surface area is 420 Å². The van der Waals surface area contributed by atoms with Gasteiger partial charge in [0.1, 0.15) is 0 Å². The van der Waals surface area contributed by atoms with Crippen LogP contribution in [-0.4, -0.2) is 4.57 Å². The largest absolute Gasteiger partial charge is 0.310 e. The lowest BCUT2D eigenvalue weighted by molar-refractivity contribution is 1.19. The van der Waals surface area contributed by atoms with Crippen molar-refractivity contribution in [2.24, 2.45) is 0 Å². The van der Waals surface area contributed by atoms with Gasteiger partial charge < -0.3 is 9.47 Å². The normalized spacial score (nSPS) is 11.3. The lowest BCUT2D eigenvalue weighted by Gasteiger charge is -2.28. The molecule has 0 bridgehead atoms. The van der Waals surface area contributed by atoms with Gasteiger partial charge in [-0.05, 0) is 133 Å². The van der Waals surface area contributed by atoms with Crippen LogP contribution in [0.3, 0.4) is 0 Å². The van der Waals surface area contributed by atoms with Crippen LogP contribution >= 0.6 is 0 Å². The fourth-order valence-electron chi connectivity index (χ4n) is 10.6. The number of nitrogens with zero attached hydrogens (tertiary/aromatic N) is 2. The molecule has 0 spiro atoms. The molecule has 0 amide bonds. The molecule has 1 heterocycles. The Bertz CT molecular complexity index is 3910. The summed E-state index contributed by atoms with van der Waals surface area (Å²) in [5.74, 6) is 0. The smallest absolute Gasteiger partial charge is 0.0547 e. The summed E-state index contributed by atoms with van der Waals surface area (Å²) in [4.78, 5) is 2.41. The van der Waals surface area contributed by atoms with Crippen LogP contribution in [0.15, 0.2) is 291 Å². The number of anilines is 3. The molecular weight excluding hydrogens is 869 g/mol. The molecule has 338 valence electrons. The molecule has 0 saturated heterocycles. The van der Waals surface area contributed by atoms with Crippen molar-refractivity contribution >= 4 is 49.6 Å². The second-order valence-corrected chi connectivity index (χ2v) is 18.5. The first-order valence-corrected chi connectivity index (χ1v) is 24.7. The third kappa shape index (κ3) is 7.92. The van der Waals surface area contributed by atoms with Crippen molar-refractivity contribution in [3.8, 4) is 72.4 Å². The molecule has 0 aliphatic rings. The van der Waals surface area contributed by atoms with Crippen LogP contribution in [0, 0.1) is 0 Å². The SMILES string of the molecule is c1ccc(-c2ccc(-c3ccc(N(c4ccc(-c5ccc(-c6ccccc6)cc5)cc4)c4ccccc4-c4cccc(-c5cccc6c5c5ccccc5n6-c5ccc6ccccc6c5)c4)cc3)cc2)cc1. The van der Waals surface area contributed by atoms with Crippen molar-refractivity contribution in [3.63, 3.8) is 0 Å². The van der Waals surface area contributed by atoms with Gasteiger partial charge in [-0.1, -0.05) is 231 Å². The van der Waals surface area contributed by atoms with Gasteiger partial charge >= 0.3 is 0 Å². The van der Waals surface area contributed by atoms with E-state index in [1.165, 1.54) is 88.2 Å². The first kappa shape index (κ1) is 42.6. The van der Waals surface area contributed by atoms with Gasteiger partial charge in [-0.3, -0.25) is 0 Å². The van der Waals surface area contributed by atoms with Gasteiger partial charge in [0.15, 0.2) is 0 Å². The highest BCUT2D eigenvalue weighted by molar-refractivity contribution is 6.16. The van der Waals surface area contributed by atoms with Gasteiger partial charge in [-0.15, -0.1) is 0 Å². The van der Waals surface area contributed by atoms with Crippen LogP contribution in [-0.2, 0) is 0 Å². The van der Waals surface area contributed by atoms with E-state index in [0.29, 0.717) is 0 Å². The second kappa shape index (κ2) is 18.4. The van der Waals surface area contributed by atoms with Crippen LogP contribution < -0.4 is 4.90 Å². The van der Waals surface area contributed by atoms with Crippen LogP contribution in [0.2, 0.25) is 0 Å². The van der Waals surface area contributed by atoms with Crippen LogP contribution in [0.4, 0.5) is 17.1 Å². The quantitative estimate of drug-likeness (QED) is 0.133. The second-order valence-electron chi connectivity index (χ2n) is 18.5. The number of para-hydroxylation sites is 2. The van der Waals surface area contributed by atoms with E-state index in [4.69, 9.17) is 0 Å². The number of fused-ring (bicyclic) bond motifs is 4. The number of benzene rings is 12. The molecule has 72 heavy (non-hydrogen) atoms. The van der Waals surface area contributed by atoms with E-state index in [2.05, 4.69) is 301 Å². The predicted molar refractivity (Wildman–Crippen MR) is 306 cm³/mol. The van der Waals surface area contributed by atoms with Gasteiger partial charge in [0.25, 0.3) is 0 Å². The fraction of sp³-hybridized carbons (Fsp3) is 0. The summed E-state index contributed by atoms with van der Waals surface area (Å²) in [6, 6.07) is 106. The van der Waals surface area contributed by atoms with Gasteiger partial charge in [-0.2, -0.15) is 0 Å². The molecule has 1 aromatic heterocycles.